The summed E-state index contributed by atoms with van der Waals surface area (Å²) >= 11 is 0. The summed E-state index contributed by atoms with van der Waals surface area (Å²) in [4.78, 5) is 23.9. The Kier molecular flexibility index (Phi) is 3.91. The van der Waals surface area contributed by atoms with Gasteiger partial charge in [0, 0.05) is 5.56 Å². The van der Waals surface area contributed by atoms with Crippen molar-refractivity contribution < 1.29 is 19.4 Å². The number of ether oxygens (including phenoxy) is 1. The number of benzene rings is 1. The van der Waals surface area contributed by atoms with E-state index < -0.39 is 5.41 Å². The van der Waals surface area contributed by atoms with E-state index in [0.717, 1.165) is 6.08 Å². The maximum Gasteiger partial charge on any atom is 0.176 e. The molecule has 0 radical (unpaired) electrons. The number of ketones is 2. The molecule has 0 atom stereocenters. The Morgan fingerprint density at radius 3 is 2.50 bits per heavy atom. The number of aromatic hydroxyl groups is 1. The minimum atomic E-state index is -1.18. The predicted molar refractivity (Wildman–Crippen MR) is 68.0 cm³/mol. The number of allylic oxidation sites excluding steroid dienone is 1. The Labute approximate surface area is 106 Å². The zero-order valence-corrected chi connectivity index (χ0v) is 10.7. The highest BCUT2D eigenvalue weighted by Gasteiger charge is 2.34. The Morgan fingerprint density at radius 1 is 1.39 bits per heavy atom. The van der Waals surface area contributed by atoms with Gasteiger partial charge in [-0.25, -0.2) is 0 Å². The third-order valence-corrected chi connectivity index (χ3v) is 2.81. The van der Waals surface area contributed by atoms with Crippen LogP contribution in [0.1, 0.15) is 24.2 Å². The fraction of sp³-hybridized carbons (Fsp3) is 0.286. The van der Waals surface area contributed by atoms with Gasteiger partial charge in [-0.3, -0.25) is 9.59 Å². The van der Waals surface area contributed by atoms with Crippen molar-refractivity contribution in [1.82, 2.24) is 0 Å². The van der Waals surface area contributed by atoms with Gasteiger partial charge < -0.3 is 9.84 Å². The largest absolute Gasteiger partial charge is 0.504 e. The van der Waals surface area contributed by atoms with Crippen molar-refractivity contribution in [3.63, 3.8) is 0 Å². The van der Waals surface area contributed by atoms with E-state index in [0.29, 0.717) is 5.56 Å². The van der Waals surface area contributed by atoms with Crippen molar-refractivity contribution in [1.29, 1.82) is 0 Å². The number of Topliss-reactive ketones (excluding diaryl/α,β-unsaturated/α-hetero) is 1. The molecule has 0 saturated carbocycles. The summed E-state index contributed by atoms with van der Waals surface area (Å²) in [7, 11) is 1.39. The highest BCUT2D eigenvalue weighted by atomic mass is 16.5. The standard InChI is InChI=1S/C14H16O4/c1-5-12(16)14(2,3)13(17)9-6-7-10(15)11(8-9)18-4/h5-8,15H,1H2,2-4H3. The lowest BCUT2D eigenvalue weighted by Crippen LogP contribution is -2.32. The van der Waals surface area contributed by atoms with Crippen LogP contribution in [0.25, 0.3) is 0 Å². The number of carbonyl (C=O) groups excluding carboxylic acids is 2. The molecule has 0 unspecified atom stereocenters. The van der Waals surface area contributed by atoms with Crippen molar-refractivity contribution in [2.45, 2.75) is 13.8 Å². The maximum absolute atomic E-state index is 12.2. The van der Waals surface area contributed by atoms with Crippen LogP contribution in [0.5, 0.6) is 11.5 Å². The molecular formula is C14H16O4. The van der Waals surface area contributed by atoms with E-state index in [4.69, 9.17) is 4.74 Å². The summed E-state index contributed by atoms with van der Waals surface area (Å²) in [6.45, 7) is 6.47. The third-order valence-electron chi connectivity index (χ3n) is 2.81. The van der Waals surface area contributed by atoms with Crippen molar-refractivity contribution in [3.8, 4) is 11.5 Å². The van der Waals surface area contributed by atoms with Gasteiger partial charge in [0.05, 0.1) is 12.5 Å². The Balaban J connectivity index is 3.19. The SMILES string of the molecule is C=CC(=O)C(C)(C)C(=O)c1ccc(O)c(OC)c1. The molecule has 0 aliphatic heterocycles. The van der Waals surface area contributed by atoms with E-state index in [2.05, 4.69) is 6.58 Å². The highest BCUT2D eigenvalue weighted by molar-refractivity contribution is 6.17. The van der Waals surface area contributed by atoms with Crippen LogP contribution >= 0.6 is 0 Å². The second-order valence-corrected chi connectivity index (χ2v) is 4.41. The van der Waals surface area contributed by atoms with Crippen LogP contribution < -0.4 is 4.74 Å². The van der Waals surface area contributed by atoms with Crippen LogP contribution in [0.2, 0.25) is 0 Å². The van der Waals surface area contributed by atoms with Gasteiger partial charge in [0.2, 0.25) is 0 Å². The van der Waals surface area contributed by atoms with Gasteiger partial charge in [-0.2, -0.15) is 0 Å². The number of carbonyl (C=O) groups is 2. The second kappa shape index (κ2) is 5.04. The number of phenolic OH excluding ortho intramolecular Hbond substituents is 1. The molecule has 4 nitrogen and oxygen atoms in total. The molecule has 0 saturated heterocycles. The van der Waals surface area contributed by atoms with Crippen molar-refractivity contribution in [2.24, 2.45) is 5.41 Å². The van der Waals surface area contributed by atoms with Crippen LogP contribution in [-0.4, -0.2) is 23.8 Å². The summed E-state index contributed by atoms with van der Waals surface area (Å²) < 4.78 is 4.93. The molecule has 0 amide bonds. The number of rotatable bonds is 5. The molecule has 0 bridgehead atoms. The van der Waals surface area contributed by atoms with Gasteiger partial charge in [-0.1, -0.05) is 6.58 Å². The van der Waals surface area contributed by atoms with Crippen LogP contribution in [0, 0.1) is 5.41 Å². The topological polar surface area (TPSA) is 63.6 Å². The first-order valence-corrected chi connectivity index (χ1v) is 5.43. The smallest absolute Gasteiger partial charge is 0.176 e. The summed E-state index contributed by atoms with van der Waals surface area (Å²) in [6.07, 6.45) is 1.13. The third kappa shape index (κ3) is 2.42. The lowest BCUT2D eigenvalue weighted by Gasteiger charge is -2.20. The molecule has 4 heteroatoms. The molecule has 1 N–H and O–H groups in total. The zero-order valence-electron chi connectivity index (χ0n) is 10.7. The van der Waals surface area contributed by atoms with E-state index in [1.165, 1.54) is 25.3 Å². The zero-order chi connectivity index (χ0) is 13.9. The molecule has 1 aromatic rings. The maximum atomic E-state index is 12.2. The van der Waals surface area contributed by atoms with E-state index in [-0.39, 0.29) is 23.1 Å². The first-order chi connectivity index (χ1) is 8.34. The quantitative estimate of drug-likeness (QED) is 0.493. The average molecular weight is 248 g/mol. The van der Waals surface area contributed by atoms with Crippen LogP contribution in [-0.2, 0) is 4.79 Å². The van der Waals surface area contributed by atoms with Crippen LogP contribution in [0.15, 0.2) is 30.9 Å². The molecule has 0 aromatic heterocycles. The monoisotopic (exact) mass is 248 g/mol. The van der Waals surface area contributed by atoms with E-state index in [1.54, 1.807) is 13.8 Å². The van der Waals surface area contributed by atoms with Gasteiger partial charge in [0.1, 0.15) is 0 Å². The molecule has 96 valence electrons. The lowest BCUT2D eigenvalue weighted by molar-refractivity contribution is -0.120. The second-order valence-electron chi connectivity index (χ2n) is 4.41. The molecule has 0 aliphatic carbocycles. The lowest BCUT2D eigenvalue weighted by atomic mass is 9.80. The van der Waals surface area contributed by atoms with Crippen molar-refractivity contribution in [3.05, 3.63) is 36.4 Å². The van der Waals surface area contributed by atoms with Crippen molar-refractivity contribution >= 4 is 11.6 Å². The normalized spacial score (nSPS) is 10.8. The molecule has 0 fully saturated rings. The molecule has 1 aromatic carbocycles. The Hall–Kier alpha value is -2.10. The number of phenols is 1. The summed E-state index contributed by atoms with van der Waals surface area (Å²) in [5, 5.41) is 9.46. The average Bonchev–Trinajstić information content (AvgIpc) is 2.37. The number of methoxy groups -OCH3 is 1. The highest BCUT2D eigenvalue weighted by Crippen LogP contribution is 2.30. The minimum absolute atomic E-state index is 0.0538. The van der Waals surface area contributed by atoms with Gasteiger partial charge in [-0.15, -0.1) is 0 Å². The van der Waals surface area contributed by atoms with Crippen LogP contribution in [0.4, 0.5) is 0 Å². The molecule has 0 aliphatic rings. The van der Waals surface area contributed by atoms with Crippen LogP contribution in [0.3, 0.4) is 0 Å². The summed E-state index contributed by atoms with van der Waals surface area (Å²) in [5.74, 6) is -0.546. The van der Waals surface area contributed by atoms with E-state index in [9.17, 15) is 14.7 Å². The number of hydrogen-bond acceptors (Lipinski definition) is 4. The molecule has 0 heterocycles. The predicted octanol–water partition coefficient (Wildman–Crippen LogP) is 2.36. The summed E-state index contributed by atoms with van der Waals surface area (Å²) in [6, 6.07) is 4.23. The first kappa shape index (κ1) is 14.0. The fourth-order valence-electron chi connectivity index (χ4n) is 1.55. The molecule has 1 rings (SSSR count). The van der Waals surface area contributed by atoms with Gasteiger partial charge >= 0.3 is 0 Å². The fourth-order valence-corrected chi connectivity index (χ4v) is 1.55. The molecular weight excluding hydrogens is 232 g/mol. The van der Waals surface area contributed by atoms with Gasteiger partial charge in [0.25, 0.3) is 0 Å². The van der Waals surface area contributed by atoms with E-state index in [1.807, 2.05) is 0 Å². The molecule has 0 spiro atoms. The Bertz CT molecular complexity index is 501. The first-order valence-electron chi connectivity index (χ1n) is 5.43. The number of hydrogen-bond donors (Lipinski definition) is 1. The molecule has 18 heavy (non-hydrogen) atoms. The minimum Gasteiger partial charge on any atom is -0.504 e. The Morgan fingerprint density at radius 2 is 2.00 bits per heavy atom. The van der Waals surface area contributed by atoms with Gasteiger partial charge in [-0.05, 0) is 38.1 Å². The van der Waals surface area contributed by atoms with E-state index >= 15 is 0 Å². The van der Waals surface area contributed by atoms with Gasteiger partial charge in [0.15, 0.2) is 23.1 Å². The summed E-state index contributed by atoms with van der Waals surface area (Å²) in [5.41, 5.74) is -0.867. The van der Waals surface area contributed by atoms with Crippen molar-refractivity contribution in [2.75, 3.05) is 7.11 Å².